The molecule has 1 aromatic carbocycles. The fraction of sp³-hybridized carbons (Fsp3) is 0.174. The van der Waals surface area contributed by atoms with E-state index in [1.165, 1.54) is 6.08 Å². The molecule has 2 N–H and O–H groups in total. The van der Waals surface area contributed by atoms with Crippen LogP contribution in [0.2, 0.25) is 0 Å². The number of aliphatic hydroxyl groups excluding tert-OH is 1. The number of carbonyl (C=O) groups is 2. The van der Waals surface area contributed by atoms with Gasteiger partial charge in [0.2, 0.25) is 0 Å². The van der Waals surface area contributed by atoms with Crippen molar-refractivity contribution in [2.75, 3.05) is 12.4 Å². The number of carbonyl (C=O) groups excluding carboxylic acids is 2. The van der Waals surface area contributed by atoms with Gasteiger partial charge in [0.1, 0.15) is 18.4 Å². The van der Waals surface area contributed by atoms with Crippen molar-refractivity contribution >= 4 is 29.7 Å². The lowest BCUT2D eigenvalue weighted by Crippen LogP contribution is -2.04. The fourth-order valence-electron chi connectivity index (χ4n) is 2.61. The molecular weight excluding hydrogens is 366 g/mol. The van der Waals surface area contributed by atoms with E-state index in [2.05, 4.69) is 17.0 Å². The molecule has 6 heteroatoms. The van der Waals surface area contributed by atoms with Crippen molar-refractivity contribution in [3.8, 4) is 0 Å². The maximum absolute atomic E-state index is 11.1. The first-order chi connectivity index (χ1) is 14.0. The van der Waals surface area contributed by atoms with E-state index in [9.17, 15) is 9.59 Å². The molecule has 29 heavy (non-hydrogen) atoms. The zero-order chi connectivity index (χ0) is 21.8. The Labute approximate surface area is 171 Å². The van der Waals surface area contributed by atoms with E-state index < -0.39 is 0 Å². The third-order valence-corrected chi connectivity index (χ3v) is 4.05. The molecule has 0 amide bonds. The van der Waals surface area contributed by atoms with Crippen molar-refractivity contribution in [3.05, 3.63) is 83.6 Å². The highest BCUT2D eigenvalue weighted by molar-refractivity contribution is 5.89. The lowest BCUT2D eigenvalue weighted by Gasteiger charge is -2.11. The summed E-state index contributed by atoms with van der Waals surface area (Å²) in [5, 5.41) is 14.8. The van der Waals surface area contributed by atoms with E-state index >= 15 is 0 Å². The first-order valence-corrected chi connectivity index (χ1v) is 8.97. The Morgan fingerprint density at radius 3 is 2.55 bits per heavy atom. The van der Waals surface area contributed by atoms with Crippen LogP contribution in [0.1, 0.15) is 35.5 Å². The standard InChI is InChI=1S/C22H23N3O2.CH4O/c1-5-8-19(16(3)6-2)21-14-22(25(4)24-21)23-20(11-12-26)18-10-7-9-17(13-18)15-27;1-2/h5-15,23H,2H2,1,3-4H3;2H,1H3/b8-5-,19-16+,20-11-;. The zero-order valence-corrected chi connectivity index (χ0v) is 17.2. The van der Waals surface area contributed by atoms with Gasteiger partial charge in [-0.1, -0.05) is 43.0 Å². The molecule has 0 saturated heterocycles. The molecule has 1 aromatic heterocycles. The van der Waals surface area contributed by atoms with Gasteiger partial charge in [-0.25, -0.2) is 0 Å². The van der Waals surface area contributed by atoms with Crippen LogP contribution >= 0.6 is 0 Å². The van der Waals surface area contributed by atoms with Crippen LogP contribution < -0.4 is 5.32 Å². The first-order valence-electron chi connectivity index (χ1n) is 8.97. The van der Waals surface area contributed by atoms with Gasteiger partial charge in [-0.3, -0.25) is 14.3 Å². The predicted octanol–water partition coefficient (Wildman–Crippen LogP) is 4.03. The average molecular weight is 393 g/mol. The Kier molecular flexibility index (Phi) is 9.78. The van der Waals surface area contributed by atoms with E-state index in [-0.39, 0.29) is 0 Å². The van der Waals surface area contributed by atoms with Crippen LogP contribution in [0, 0.1) is 0 Å². The van der Waals surface area contributed by atoms with Gasteiger partial charge in [-0.05, 0) is 31.1 Å². The average Bonchev–Trinajstić information content (AvgIpc) is 3.12. The number of nitrogens with one attached hydrogen (secondary N) is 1. The number of benzene rings is 1. The van der Waals surface area contributed by atoms with Gasteiger partial charge < -0.3 is 10.4 Å². The van der Waals surface area contributed by atoms with Crippen molar-refractivity contribution in [2.24, 2.45) is 7.05 Å². The molecule has 152 valence electrons. The van der Waals surface area contributed by atoms with Crippen molar-refractivity contribution in [1.29, 1.82) is 0 Å². The summed E-state index contributed by atoms with van der Waals surface area (Å²) < 4.78 is 1.71. The van der Waals surface area contributed by atoms with Gasteiger partial charge in [0.05, 0.1) is 11.4 Å². The maximum atomic E-state index is 11.1. The molecule has 6 nitrogen and oxygen atoms in total. The summed E-state index contributed by atoms with van der Waals surface area (Å²) in [4.78, 5) is 22.1. The summed E-state index contributed by atoms with van der Waals surface area (Å²) in [6.45, 7) is 7.76. The smallest absolute Gasteiger partial charge is 0.150 e. The quantitative estimate of drug-likeness (QED) is 0.402. The van der Waals surface area contributed by atoms with Crippen molar-refractivity contribution < 1.29 is 14.7 Å². The van der Waals surface area contributed by atoms with E-state index in [1.54, 1.807) is 29.0 Å². The lowest BCUT2D eigenvalue weighted by atomic mass is 10.1. The van der Waals surface area contributed by atoms with Crippen LogP contribution in [-0.4, -0.2) is 34.6 Å². The number of anilines is 1. The number of aromatic nitrogens is 2. The Balaban J connectivity index is 0.00000204. The van der Waals surface area contributed by atoms with Crippen LogP contribution in [0.25, 0.3) is 11.3 Å². The molecular formula is C23H27N3O3. The number of hydrogen-bond donors (Lipinski definition) is 2. The molecule has 0 unspecified atom stereocenters. The fourth-order valence-corrected chi connectivity index (χ4v) is 2.61. The van der Waals surface area contributed by atoms with Crippen LogP contribution in [0.3, 0.4) is 0 Å². The minimum atomic E-state index is 0.539. The van der Waals surface area contributed by atoms with Gasteiger partial charge in [-0.15, -0.1) is 0 Å². The number of aliphatic hydroxyl groups is 1. The Hall–Kier alpha value is -3.51. The van der Waals surface area contributed by atoms with Crippen LogP contribution in [-0.2, 0) is 11.8 Å². The molecule has 0 spiro atoms. The van der Waals surface area contributed by atoms with E-state index in [1.807, 2.05) is 45.2 Å². The number of allylic oxidation sites excluding steroid dienone is 6. The second-order valence-electron chi connectivity index (χ2n) is 5.92. The number of rotatable bonds is 8. The Morgan fingerprint density at radius 2 is 1.97 bits per heavy atom. The monoisotopic (exact) mass is 393 g/mol. The molecule has 0 radical (unpaired) electrons. The third kappa shape index (κ3) is 6.26. The Bertz CT molecular complexity index is 950. The van der Waals surface area contributed by atoms with E-state index in [0.717, 1.165) is 35.8 Å². The van der Waals surface area contributed by atoms with Crippen molar-refractivity contribution in [1.82, 2.24) is 9.78 Å². The molecule has 0 aliphatic heterocycles. The van der Waals surface area contributed by atoms with Crippen LogP contribution in [0.4, 0.5) is 5.82 Å². The summed E-state index contributed by atoms with van der Waals surface area (Å²) in [6, 6.07) is 8.95. The zero-order valence-electron chi connectivity index (χ0n) is 17.2. The highest BCUT2D eigenvalue weighted by atomic mass is 16.2. The number of aldehydes is 2. The van der Waals surface area contributed by atoms with E-state index in [0.29, 0.717) is 23.4 Å². The molecule has 0 bridgehead atoms. The van der Waals surface area contributed by atoms with Gasteiger partial charge in [0.25, 0.3) is 0 Å². The topological polar surface area (TPSA) is 84.2 Å². The molecule has 0 aliphatic rings. The minimum absolute atomic E-state index is 0.539. The lowest BCUT2D eigenvalue weighted by molar-refractivity contribution is -0.104. The summed E-state index contributed by atoms with van der Waals surface area (Å²) in [7, 11) is 2.82. The number of aryl methyl sites for hydroxylation is 1. The van der Waals surface area contributed by atoms with Crippen LogP contribution in [0.5, 0.6) is 0 Å². The second-order valence-corrected chi connectivity index (χ2v) is 5.92. The summed E-state index contributed by atoms with van der Waals surface area (Å²) in [5.41, 5.74) is 4.64. The molecule has 1 heterocycles. The molecule has 2 aromatic rings. The predicted molar refractivity (Wildman–Crippen MR) is 118 cm³/mol. The highest BCUT2D eigenvalue weighted by Gasteiger charge is 2.12. The largest absolute Gasteiger partial charge is 0.400 e. The van der Waals surface area contributed by atoms with Gasteiger partial charge >= 0.3 is 0 Å². The van der Waals surface area contributed by atoms with E-state index in [4.69, 9.17) is 5.11 Å². The van der Waals surface area contributed by atoms with Gasteiger partial charge in [0.15, 0.2) is 0 Å². The first kappa shape index (κ1) is 23.5. The molecule has 0 saturated carbocycles. The third-order valence-electron chi connectivity index (χ3n) is 4.05. The van der Waals surface area contributed by atoms with Gasteiger partial charge in [-0.2, -0.15) is 5.10 Å². The summed E-state index contributed by atoms with van der Waals surface area (Å²) in [6.07, 6.45) is 8.64. The second kappa shape index (κ2) is 12.0. The van der Waals surface area contributed by atoms with Gasteiger partial charge in [0, 0.05) is 37.4 Å². The molecule has 2 rings (SSSR count). The Morgan fingerprint density at radius 1 is 1.24 bits per heavy atom. The number of nitrogens with zero attached hydrogens (tertiary/aromatic N) is 2. The molecule has 0 aliphatic carbocycles. The highest BCUT2D eigenvalue weighted by Crippen LogP contribution is 2.25. The summed E-state index contributed by atoms with van der Waals surface area (Å²) in [5.74, 6) is 0.716. The molecule has 0 atom stereocenters. The minimum Gasteiger partial charge on any atom is -0.400 e. The normalized spacial score (nSPS) is 12.0. The molecule has 0 fully saturated rings. The number of hydrogen-bond acceptors (Lipinski definition) is 5. The maximum Gasteiger partial charge on any atom is 0.150 e. The van der Waals surface area contributed by atoms with Crippen molar-refractivity contribution in [3.63, 3.8) is 0 Å². The SMILES string of the molecule is C=C/C(C)=C(\C=C/C)c1cc(N/C(=C\C=O)c2cccc(C=O)c2)n(C)n1.CO. The van der Waals surface area contributed by atoms with Crippen molar-refractivity contribution in [2.45, 2.75) is 13.8 Å². The van der Waals surface area contributed by atoms with Crippen LogP contribution in [0.15, 0.2) is 66.8 Å². The summed E-state index contributed by atoms with van der Waals surface area (Å²) >= 11 is 0.